The lowest BCUT2D eigenvalue weighted by Crippen LogP contribution is -2.34. The first-order valence-electron chi connectivity index (χ1n) is 5.82. The van der Waals surface area contributed by atoms with E-state index in [4.69, 9.17) is 0 Å². The molecule has 0 bridgehead atoms. The van der Waals surface area contributed by atoms with Crippen LogP contribution < -0.4 is 5.32 Å². The Morgan fingerprint density at radius 3 is 2.82 bits per heavy atom. The van der Waals surface area contributed by atoms with Gasteiger partial charge < -0.3 is 5.32 Å². The van der Waals surface area contributed by atoms with Crippen molar-refractivity contribution in [2.24, 2.45) is 5.92 Å². The van der Waals surface area contributed by atoms with E-state index in [-0.39, 0.29) is 16.7 Å². The summed E-state index contributed by atoms with van der Waals surface area (Å²) in [5.41, 5.74) is 0.725. The van der Waals surface area contributed by atoms with Crippen LogP contribution in [0, 0.1) is 12.8 Å². The van der Waals surface area contributed by atoms with Crippen LogP contribution in [-0.2, 0) is 9.84 Å². The van der Waals surface area contributed by atoms with Crippen molar-refractivity contribution in [2.75, 3.05) is 18.8 Å². The van der Waals surface area contributed by atoms with E-state index in [0.717, 1.165) is 31.6 Å². The van der Waals surface area contributed by atoms with Gasteiger partial charge >= 0.3 is 0 Å². The summed E-state index contributed by atoms with van der Waals surface area (Å²) in [7, 11) is -3.29. The Kier molecular flexibility index (Phi) is 3.73. The van der Waals surface area contributed by atoms with Gasteiger partial charge in [-0.15, -0.1) is 5.10 Å². The van der Waals surface area contributed by atoms with Gasteiger partial charge in [-0.25, -0.2) is 8.42 Å². The third-order valence-electron chi connectivity index (χ3n) is 2.95. The second-order valence-corrected chi connectivity index (χ2v) is 6.49. The second kappa shape index (κ2) is 5.10. The van der Waals surface area contributed by atoms with E-state index in [2.05, 4.69) is 15.5 Å². The zero-order chi connectivity index (χ0) is 12.3. The predicted molar refractivity (Wildman–Crippen MR) is 64.4 cm³/mol. The molecule has 1 aromatic heterocycles. The third-order valence-corrected chi connectivity index (χ3v) is 4.71. The zero-order valence-electron chi connectivity index (χ0n) is 9.89. The fourth-order valence-corrected chi connectivity index (χ4v) is 3.53. The lowest BCUT2D eigenvalue weighted by Gasteiger charge is -2.22. The monoisotopic (exact) mass is 255 g/mol. The minimum absolute atomic E-state index is 0.0914. The van der Waals surface area contributed by atoms with Gasteiger partial charge in [0.1, 0.15) is 0 Å². The van der Waals surface area contributed by atoms with Crippen LogP contribution in [0.25, 0.3) is 0 Å². The molecule has 1 saturated heterocycles. The maximum atomic E-state index is 12.1. The highest BCUT2D eigenvalue weighted by atomic mass is 32.2. The molecule has 1 fully saturated rings. The number of nitrogens with zero attached hydrogens (tertiary/aromatic N) is 2. The molecule has 2 heterocycles. The molecule has 0 spiro atoms. The van der Waals surface area contributed by atoms with Crippen LogP contribution in [0.5, 0.6) is 0 Å². The summed E-state index contributed by atoms with van der Waals surface area (Å²) in [5, 5.41) is 10.9. The van der Waals surface area contributed by atoms with Crippen LogP contribution in [0.3, 0.4) is 0 Å². The van der Waals surface area contributed by atoms with Gasteiger partial charge in [-0.3, -0.25) is 0 Å². The highest BCUT2D eigenvalue weighted by Crippen LogP contribution is 2.16. The Bertz CT molecular complexity index is 464. The number of piperidine rings is 1. The third kappa shape index (κ3) is 3.23. The first-order chi connectivity index (χ1) is 8.08. The molecular formula is C11H17N3O2S. The first-order valence-corrected chi connectivity index (χ1v) is 7.47. The van der Waals surface area contributed by atoms with Crippen LogP contribution >= 0.6 is 0 Å². The van der Waals surface area contributed by atoms with E-state index in [1.807, 2.05) is 0 Å². The molecule has 1 atom stereocenters. The summed E-state index contributed by atoms with van der Waals surface area (Å²) in [6.45, 7) is 3.55. The lowest BCUT2D eigenvalue weighted by atomic mass is 10.0. The van der Waals surface area contributed by atoms with Gasteiger partial charge in [0.05, 0.1) is 11.4 Å². The van der Waals surface area contributed by atoms with Gasteiger partial charge in [0.15, 0.2) is 14.9 Å². The number of aromatic nitrogens is 2. The molecule has 6 heteroatoms. The summed E-state index contributed by atoms with van der Waals surface area (Å²) >= 11 is 0. The largest absolute Gasteiger partial charge is 0.316 e. The van der Waals surface area contributed by atoms with E-state index < -0.39 is 9.84 Å². The van der Waals surface area contributed by atoms with Crippen LogP contribution in [0.15, 0.2) is 17.2 Å². The van der Waals surface area contributed by atoms with Gasteiger partial charge in [-0.05, 0) is 50.9 Å². The smallest absolute Gasteiger partial charge is 0.197 e. The molecule has 5 nitrogen and oxygen atoms in total. The van der Waals surface area contributed by atoms with Gasteiger partial charge in [-0.1, -0.05) is 0 Å². The molecule has 94 valence electrons. The fourth-order valence-electron chi connectivity index (χ4n) is 2.01. The quantitative estimate of drug-likeness (QED) is 0.854. The molecule has 0 amide bonds. The summed E-state index contributed by atoms with van der Waals surface area (Å²) in [4.78, 5) is 0. The molecule has 1 unspecified atom stereocenters. The molecule has 0 saturated carbocycles. The Hall–Kier alpha value is -1.01. The molecule has 1 aliphatic rings. The van der Waals surface area contributed by atoms with Crippen molar-refractivity contribution in [1.82, 2.24) is 15.5 Å². The minimum Gasteiger partial charge on any atom is -0.316 e. The highest BCUT2D eigenvalue weighted by molar-refractivity contribution is 7.91. The van der Waals surface area contributed by atoms with Crippen LogP contribution in [0.2, 0.25) is 0 Å². The number of sulfone groups is 1. The average molecular weight is 255 g/mol. The molecule has 1 aliphatic heterocycles. The summed E-state index contributed by atoms with van der Waals surface area (Å²) in [5.74, 6) is 0.356. The van der Waals surface area contributed by atoms with Crippen molar-refractivity contribution >= 4 is 9.84 Å². The van der Waals surface area contributed by atoms with Crippen LogP contribution in [0.1, 0.15) is 18.5 Å². The number of hydrogen-bond donors (Lipinski definition) is 1. The minimum atomic E-state index is -3.29. The highest BCUT2D eigenvalue weighted by Gasteiger charge is 2.24. The second-order valence-electron chi connectivity index (χ2n) is 4.51. The maximum absolute atomic E-state index is 12.1. The molecule has 0 aliphatic carbocycles. The van der Waals surface area contributed by atoms with Crippen molar-refractivity contribution in [3.63, 3.8) is 0 Å². The van der Waals surface area contributed by atoms with Gasteiger partial charge in [-0.2, -0.15) is 5.10 Å². The molecule has 17 heavy (non-hydrogen) atoms. The van der Waals surface area contributed by atoms with Gasteiger partial charge in [0.2, 0.25) is 0 Å². The van der Waals surface area contributed by atoms with Crippen molar-refractivity contribution < 1.29 is 8.42 Å². The molecular weight excluding hydrogens is 238 g/mol. The normalized spacial score (nSPS) is 21.4. The van der Waals surface area contributed by atoms with E-state index in [1.165, 1.54) is 6.07 Å². The van der Waals surface area contributed by atoms with E-state index in [1.54, 1.807) is 13.0 Å². The van der Waals surface area contributed by atoms with Crippen molar-refractivity contribution in [2.45, 2.75) is 24.8 Å². The number of hydrogen-bond acceptors (Lipinski definition) is 5. The number of aryl methyl sites for hydroxylation is 1. The van der Waals surface area contributed by atoms with Crippen molar-refractivity contribution in [3.8, 4) is 0 Å². The van der Waals surface area contributed by atoms with Crippen molar-refractivity contribution in [3.05, 3.63) is 17.8 Å². The Balaban J connectivity index is 2.10. The standard InChI is InChI=1S/C11H17N3O2S/c1-9-4-5-11(14-13-9)17(15,16)8-10-3-2-6-12-7-10/h4-5,10,12H,2-3,6-8H2,1H3. The van der Waals surface area contributed by atoms with Crippen LogP contribution in [0.4, 0.5) is 0 Å². The van der Waals surface area contributed by atoms with Crippen LogP contribution in [-0.4, -0.2) is 37.5 Å². The Morgan fingerprint density at radius 1 is 1.41 bits per heavy atom. The fraction of sp³-hybridized carbons (Fsp3) is 0.636. The number of nitrogens with one attached hydrogen (secondary N) is 1. The molecule has 0 aromatic carbocycles. The Morgan fingerprint density at radius 2 is 2.24 bits per heavy atom. The van der Waals surface area contributed by atoms with Gasteiger partial charge in [0.25, 0.3) is 0 Å². The van der Waals surface area contributed by atoms with E-state index >= 15 is 0 Å². The summed E-state index contributed by atoms with van der Waals surface area (Å²) in [6.07, 6.45) is 2.01. The topological polar surface area (TPSA) is 72.0 Å². The van der Waals surface area contributed by atoms with E-state index in [9.17, 15) is 8.42 Å². The summed E-state index contributed by atoms with van der Waals surface area (Å²) < 4.78 is 24.2. The molecule has 1 aromatic rings. The van der Waals surface area contributed by atoms with E-state index in [0.29, 0.717) is 0 Å². The first kappa shape index (κ1) is 12.4. The lowest BCUT2D eigenvalue weighted by molar-refractivity contribution is 0.403. The maximum Gasteiger partial charge on any atom is 0.197 e. The average Bonchev–Trinajstić information content (AvgIpc) is 2.30. The van der Waals surface area contributed by atoms with Gasteiger partial charge in [0, 0.05) is 0 Å². The molecule has 0 radical (unpaired) electrons. The molecule has 2 rings (SSSR count). The van der Waals surface area contributed by atoms with Crippen molar-refractivity contribution in [1.29, 1.82) is 0 Å². The SMILES string of the molecule is Cc1ccc(S(=O)(=O)CC2CCCNC2)nn1. The summed E-state index contributed by atoms with van der Waals surface area (Å²) in [6, 6.07) is 3.22. The zero-order valence-corrected chi connectivity index (χ0v) is 10.7. The number of rotatable bonds is 3. The Labute approximate surface area is 102 Å². The predicted octanol–water partition coefficient (Wildman–Crippen LogP) is 0.558. The molecule has 1 N–H and O–H groups in total.